The molecule has 2 saturated heterocycles. The Morgan fingerprint density at radius 2 is 1.63 bits per heavy atom. The Morgan fingerprint density at radius 3 is 2.26 bits per heavy atom. The monoisotopic (exact) mass is 386 g/mol. The van der Waals surface area contributed by atoms with Crippen molar-refractivity contribution in [3.63, 3.8) is 0 Å². The van der Waals surface area contributed by atoms with Gasteiger partial charge in [-0.1, -0.05) is 18.2 Å². The summed E-state index contributed by atoms with van der Waals surface area (Å²) in [7, 11) is -3.20. The van der Waals surface area contributed by atoms with Gasteiger partial charge in [-0.25, -0.2) is 13.2 Å². The third-order valence-electron chi connectivity index (χ3n) is 5.17. The van der Waals surface area contributed by atoms with Gasteiger partial charge in [0.1, 0.15) is 5.75 Å². The Morgan fingerprint density at radius 1 is 1.00 bits per heavy atom. The number of carbonyl (C=O) groups excluding carboxylic acids is 1. The average molecular weight is 386 g/mol. The van der Waals surface area contributed by atoms with Crippen molar-refractivity contribution in [1.29, 1.82) is 0 Å². The second kappa shape index (κ2) is 6.56. The smallest absolute Gasteiger partial charge is 0.329 e. The predicted molar refractivity (Wildman–Crippen MR) is 105 cm³/mol. The molecule has 7 heteroatoms. The molecule has 0 unspecified atom stereocenters. The summed E-state index contributed by atoms with van der Waals surface area (Å²) < 4.78 is 30.2. The van der Waals surface area contributed by atoms with Crippen LogP contribution in [0.15, 0.2) is 48.5 Å². The van der Waals surface area contributed by atoms with Crippen LogP contribution < -0.4 is 14.5 Å². The van der Waals surface area contributed by atoms with E-state index in [9.17, 15) is 13.2 Å². The lowest BCUT2D eigenvalue weighted by Gasteiger charge is -2.24. The zero-order chi connectivity index (χ0) is 19.2. The molecule has 0 radical (unpaired) electrons. The maximum Gasteiger partial charge on any atom is 0.329 e. The van der Waals surface area contributed by atoms with Crippen LogP contribution in [0.2, 0.25) is 0 Å². The fourth-order valence-corrected chi connectivity index (χ4v) is 5.91. The highest BCUT2D eigenvalue weighted by molar-refractivity contribution is 7.91. The number of amides is 2. The van der Waals surface area contributed by atoms with E-state index in [1.807, 2.05) is 50.2 Å². The summed E-state index contributed by atoms with van der Waals surface area (Å²) >= 11 is 0. The number of urea groups is 1. The molecule has 2 heterocycles. The number of para-hydroxylation sites is 1. The SMILES string of the molecule is CCOc1ccc(N2C(=O)N(c3ccccc3C)[C@@H]3CS(=O)(=O)C[C@@H]32)cc1. The Balaban J connectivity index is 1.76. The van der Waals surface area contributed by atoms with E-state index in [0.717, 1.165) is 17.0 Å². The number of rotatable bonds is 4. The van der Waals surface area contributed by atoms with Crippen molar-refractivity contribution in [2.75, 3.05) is 27.9 Å². The molecule has 0 aromatic heterocycles. The molecule has 2 aliphatic rings. The van der Waals surface area contributed by atoms with Gasteiger partial charge in [0.25, 0.3) is 0 Å². The molecule has 4 rings (SSSR count). The minimum atomic E-state index is -3.20. The number of carbonyl (C=O) groups is 1. The van der Waals surface area contributed by atoms with E-state index in [0.29, 0.717) is 12.3 Å². The lowest BCUT2D eigenvalue weighted by atomic mass is 10.1. The molecule has 6 nitrogen and oxygen atoms in total. The van der Waals surface area contributed by atoms with Crippen molar-refractivity contribution < 1.29 is 17.9 Å². The van der Waals surface area contributed by atoms with E-state index in [2.05, 4.69) is 0 Å². The van der Waals surface area contributed by atoms with Gasteiger partial charge in [-0.05, 0) is 49.7 Å². The molecule has 0 N–H and O–H groups in total. The number of benzene rings is 2. The first-order chi connectivity index (χ1) is 12.9. The fourth-order valence-electron chi connectivity index (χ4n) is 3.99. The summed E-state index contributed by atoms with van der Waals surface area (Å²) in [6.07, 6.45) is 0. The molecule has 2 fully saturated rings. The van der Waals surface area contributed by atoms with Crippen LogP contribution in [-0.4, -0.2) is 44.6 Å². The van der Waals surface area contributed by atoms with E-state index in [1.165, 1.54) is 0 Å². The second-order valence-electron chi connectivity index (χ2n) is 6.95. The standard InChI is InChI=1S/C20H22N2O4S/c1-3-26-16-10-8-15(9-11-16)21-18-12-27(24,25)13-19(18)22(20(21)23)17-7-5-4-6-14(17)2/h4-11,18-19H,3,12-13H2,1-2H3/t18-,19+/m0/s1. The van der Waals surface area contributed by atoms with Gasteiger partial charge in [0, 0.05) is 11.4 Å². The molecule has 2 amide bonds. The minimum Gasteiger partial charge on any atom is -0.494 e. The van der Waals surface area contributed by atoms with E-state index in [4.69, 9.17) is 4.74 Å². The number of fused-ring (bicyclic) bond motifs is 1. The lowest BCUT2D eigenvalue weighted by Crippen LogP contribution is -2.38. The van der Waals surface area contributed by atoms with Gasteiger partial charge in [-0.15, -0.1) is 0 Å². The number of hydrogen-bond donors (Lipinski definition) is 0. The van der Waals surface area contributed by atoms with E-state index >= 15 is 0 Å². The first-order valence-corrected chi connectivity index (χ1v) is 10.8. The van der Waals surface area contributed by atoms with Crippen molar-refractivity contribution in [2.45, 2.75) is 25.9 Å². The van der Waals surface area contributed by atoms with Crippen LogP contribution in [0.5, 0.6) is 5.75 Å². The van der Waals surface area contributed by atoms with Gasteiger partial charge < -0.3 is 4.74 Å². The van der Waals surface area contributed by atoms with Crippen LogP contribution in [0.3, 0.4) is 0 Å². The number of hydrogen-bond acceptors (Lipinski definition) is 4. The lowest BCUT2D eigenvalue weighted by molar-refractivity contribution is 0.255. The third kappa shape index (κ3) is 3.06. The van der Waals surface area contributed by atoms with Crippen LogP contribution in [0.4, 0.5) is 16.2 Å². The summed E-state index contributed by atoms with van der Waals surface area (Å²) in [5, 5.41) is 0. The van der Waals surface area contributed by atoms with Crippen molar-refractivity contribution >= 4 is 27.2 Å². The number of aryl methyl sites for hydroxylation is 1. The molecule has 27 heavy (non-hydrogen) atoms. The molecule has 2 aromatic rings. The van der Waals surface area contributed by atoms with E-state index in [-0.39, 0.29) is 29.6 Å². The highest BCUT2D eigenvalue weighted by Gasteiger charge is 2.54. The molecule has 0 aliphatic carbocycles. The van der Waals surface area contributed by atoms with E-state index < -0.39 is 9.84 Å². The fraction of sp³-hybridized carbons (Fsp3) is 0.350. The van der Waals surface area contributed by atoms with Crippen LogP contribution in [0.1, 0.15) is 12.5 Å². The highest BCUT2D eigenvalue weighted by atomic mass is 32.2. The second-order valence-corrected chi connectivity index (χ2v) is 9.10. The Kier molecular flexibility index (Phi) is 4.34. The molecule has 2 aromatic carbocycles. The van der Waals surface area contributed by atoms with Gasteiger partial charge >= 0.3 is 6.03 Å². The molecule has 0 spiro atoms. The molecule has 2 aliphatic heterocycles. The van der Waals surface area contributed by atoms with Crippen LogP contribution in [-0.2, 0) is 9.84 Å². The number of nitrogens with zero attached hydrogens (tertiary/aromatic N) is 2. The van der Waals surface area contributed by atoms with Gasteiger partial charge in [0.05, 0.1) is 30.2 Å². The van der Waals surface area contributed by atoms with Crippen LogP contribution in [0.25, 0.3) is 0 Å². The summed E-state index contributed by atoms with van der Waals surface area (Å²) in [6, 6.07) is 13.9. The molecule has 2 atom stereocenters. The Hall–Kier alpha value is -2.54. The quantitative estimate of drug-likeness (QED) is 0.758. The van der Waals surface area contributed by atoms with Gasteiger partial charge in [-0.2, -0.15) is 0 Å². The largest absolute Gasteiger partial charge is 0.494 e. The summed E-state index contributed by atoms with van der Waals surface area (Å²) in [6.45, 7) is 4.40. The van der Waals surface area contributed by atoms with Crippen LogP contribution >= 0.6 is 0 Å². The topological polar surface area (TPSA) is 66.9 Å². The molecule has 142 valence electrons. The normalized spacial score (nSPS) is 23.6. The van der Waals surface area contributed by atoms with Crippen molar-refractivity contribution in [3.8, 4) is 5.75 Å². The summed E-state index contributed by atoms with van der Waals surface area (Å²) in [5.74, 6) is 0.698. The van der Waals surface area contributed by atoms with Crippen molar-refractivity contribution in [1.82, 2.24) is 0 Å². The minimum absolute atomic E-state index is 0.00866. The molecular weight excluding hydrogens is 364 g/mol. The third-order valence-corrected chi connectivity index (χ3v) is 6.87. The molecular formula is C20H22N2O4S. The zero-order valence-corrected chi connectivity index (χ0v) is 16.1. The number of sulfone groups is 1. The van der Waals surface area contributed by atoms with Gasteiger partial charge in [0.15, 0.2) is 9.84 Å². The van der Waals surface area contributed by atoms with Crippen molar-refractivity contribution in [3.05, 3.63) is 54.1 Å². The molecule has 0 saturated carbocycles. The van der Waals surface area contributed by atoms with Gasteiger partial charge in [0.2, 0.25) is 0 Å². The summed E-state index contributed by atoms with van der Waals surface area (Å²) in [4.78, 5) is 16.6. The van der Waals surface area contributed by atoms with Crippen LogP contribution in [0, 0.1) is 6.92 Å². The zero-order valence-electron chi connectivity index (χ0n) is 15.3. The first kappa shape index (κ1) is 17.9. The maximum atomic E-state index is 13.3. The Labute approximate surface area is 159 Å². The Bertz CT molecular complexity index is 972. The average Bonchev–Trinajstić information content (AvgIpc) is 3.06. The highest BCUT2D eigenvalue weighted by Crippen LogP contribution is 2.39. The molecule has 0 bridgehead atoms. The summed E-state index contributed by atoms with van der Waals surface area (Å²) in [5.41, 5.74) is 2.40. The first-order valence-electron chi connectivity index (χ1n) is 9.02. The number of ether oxygens (including phenoxy) is 1. The maximum absolute atomic E-state index is 13.3. The predicted octanol–water partition coefficient (Wildman–Crippen LogP) is 3.01. The van der Waals surface area contributed by atoms with Crippen molar-refractivity contribution in [2.24, 2.45) is 0 Å². The number of anilines is 2. The van der Waals surface area contributed by atoms with Gasteiger partial charge in [-0.3, -0.25) is 9.80 Å². The van der Waals surface area contributed by atoms with E-state index in [1.54, 1.807) is 21.9 Å².